The SMILES string of the molecule is COC(=O)[C@@H]1[C@@H]2CC[C@@H](C2)N1C(=O)OC(C)(C)C. The summed E-state index contributed by atoms with van der Waals surface area (Å²) in [5, 5.41) is 0. The van der Waals surface area contributed by atoms with Crippen LogP contribution in [-0.2, 0) is 14.3 Å². The summed E-state index contributed by atoms with van der Waals surface area (Å²) >= 11 is 0. The molecule has 0 aromatic heterocycles. The van der Waals surface area contributed by atoms with Gasteiger partial charge in [0.25, 0.3) is 0 Å². The van der Waals surface area contributed by atoms with E-state index in [4.69, 9.17) is 9.47 Å². The Bertz CT molecular complexity index is 360. The van der Waals surface area contributed by atoms with Crippen LogP contribution in [0.2, 0.25) is 0 Å². The Kier molecular flexibility index (Phi) is 3.25. The number of piperidine rings is 1. The molecule has 2 fully saturated rings. The Labute approximate surface area is 107 Å². The van der Waals surface area contributed by atoms with E-state index in [1.54, 1.807) is 4.90 Å². The number of rotatable bonds is 1. The molecule has 3 atom stereocenters. The maximum absolute atomic E-state index is 12.2. The van der Waals surface area contributed by atoms with Gasteiger partial charge in [0.1, 0.15) is 11.6 Å². The lowest BCUT2D eigenvalue weighted by atomic mass is 9.99. The van der Waals surface area contributed by atoms with E-state index in [0.29, 0.717) is 0 Å². The predicted molar refractivity (Wildman–Crippen MR) is 65.0 cm³/mol. The Hall–Kier alpha value is -1.26. The van der Waals surface area contributed by atoms with E-state index in [-0.39, 0.29) is 17.9 Å². The van der Waals surface area contributed by atoms with Crippen molar-refractivity contribution in [2.75, 3.05) is 7.11 Å². The zero-order chi connectivity index (χ0) is 13.5. The van der Waals surface area contributed by atoms with Crippen LogP contribution in [0.25, 0.3) is 0 Å². The highest BCUT2D eigenvalue weighted by Gasteiger charge is 2.53. The molecule has 0 N–H and O–H groups in total. The smallest absolute Gasteiger partial charge is 0.411 e. The number of esters is 1. The van der Waals surface area contributed by atoms with Gasteiger partial charge in [-0.1, -0.05) is 0 Å². The van der Waals surface area contributed by atoms with E-state index in [0.717, 1.165) is 19.3 Å². The van der Waals surface area contributed by atoms with E-state index in [1.807, 2.05) is 20.8 Å². The second kappa shape index (κ2) is 4.44. The molecule has 2 aliphatic rings. The van der Waals surface area contributed by atoms with Crippen LogP contribution in [-0.4, -0.2) is 41.8 Å². The number of hydrogen-bond donors (Lipinski definition) is 0. The van der Waals surface area contributed by atoms with Gasteiger partial charge in [0.2, 0.25) is 0 Å². The molecule has 0 aromatic carbocycles. The van der Waals surface area contributed by atoms with Gasteiger partial charge in [-0.25, -0.2) is 9.59 Å². The summed E-state index contributed by atoms with van der Waals surface area (Å²) in [6, 6.07) is -0.322. The lowest BCUT2D eigenvalue weighted by molar-refractivity contribution is -0.148. The first-order valence-electron chi connectivity index (χ1n) is 6.42. The van der Waals surface area contributed by atoms with Gasteiger partial charge in [-0.05, 0) is 46.0 Å². The molecule has 1 saturated carbocycles. The number of ether oxygens (including phenoxy) is 2. The number of fused-ring (bicyclic) bond motifs is 2. The third-order valence-corrected chi connectivity index (χ3v) is 3.63. The monoisotopic (exact) mass is 255 g/mol. The topological polar surface area (TPSA) is 55.8 Å². The van der Waals surface area contributed by atoms with Crippen molar-refractivity contribution in [2.24, 2.45) is 5.92 Å². The van der Waals surface area contributed by atoms with Gasteiger partial charge in [-0.15, -0.1) is 0 Å². The van der Waals surface area contributed by atoms with Crippen molar-refractivity contribution in [1.29, 1.82) is 0 Å². The van der Waals surface area contributed by atoms with Crippen LogP contribution >= 0.6 is 0 Å². The Morgan fingerprint density at radius 1 is 1.22 bits per heavy atom. The highest BCUT2D eigenvalue weighted by Crippen LogP contribution is 2.43. The summed E-state index contributed by atoms with van der Waals surface area (Å²) in [5.41, 5.74) is -0.542. The van der Waals surface area contributed by atoms with Gasteiger partial charge in [-0.2, -0.15) is 0 Å². The van der Waals surface area contributed by atoms with Crippen molar-refractivity contribution < 1.29 is 19.1 Å². The molecule has 2 bridgehead atoms. The summed E-state index contributed by atoms with van der Waals surface area (Å²) in [7, 11) is 1.36. The number of carbonyl (C=O) groups is 2. The van der Waals surface area contributed by atoms with Crippen LogP contribution in [0.4, 0.5) is 4.79 Å². The van der Waals surface area contributed by atoms with Crippen molar-refractivity contribution in [2.45, 2.75) is 57.7 Å². The third-order valence-electron chi connectivity index (χ3n) is 3.63. The molecule has 0 spiro atoms. The summed E-state index contributed by atoms with van der Waals surface area (Å²) in [6.45, 7) is 5.48. The highest BCUT2D eigenvalue weighted by molar-refractivity contribution is 5.83. The fourth-order valence-electron chi connectivity index (χ4n) is 2.99. The zero-order valence-corrected chi connectivity index (χ0v) is 11.4. The molecule has 18 heavy (non-hydrogen) atoms. The second-order valence-electron chi connectivity index (χ2n) is 6.08. The van der Waals surface area contributed by atoms with Gasteiger partial charge in [0.15, 0.2) is 0 Å². The van der Waals surface area contributed by atoms with Crippen LogP contribution < -0.4 is 0 Å². The molecule has 5 nitrogen and oxygen atoms in total. The van der Waals surface area contributed by atoms with Crippen LogP contribution in [0.1, 0.15) is 40.0 Å². The van der Waals surface area contributed by atoms with E-state index in [9.17, 15) is 9.59 Å². The highest BCUT2D eigenvalue weighted by atomic mass is 16.6. The molecule has 5 heteroatoms. The summed E-state index contributed by atoms with van der Waals surface area (Å²) in [6.07, 6.45) is 2.44. The molecular formula is C13H21NO4. The number of carbonyl (C=O) groups excluding carboxylic acids is 2. The lowest BCUT2D eigenvalue weighted by Gasteiger charge is -2.34. The fraction of sp³-hybridized carbons (Fsp3) is 0.846. The van der Waals surface area contributed by atoms with Crippen molar-refractivity contribution in [3.05, 3.63) is 0 Å². The maximum Gasteiger partial charge on any atom is 0.411 e. The Balaban J connectivity index is 2.14. The molecule has 2 rings (SSSR count). The van der Waals surface area contributed by atoms with E-state index < -0.39 is 17.7 Å². The zero-order valence-electron chi connectivity index (χ0n) is 11.4. The maximum atomic E-state index is 12.2. The minimum Gasteiger partial charge on any atom is -0.467 e. The van der Waals surface area contributed by atoms with Crippen molar-refractivity contribution >= 4 is 12.1 Å². The lowest BCUT2D eigenvalue weighted by Crippen LogP contribution is -2.51. The van der Waals surface area contributed by atoms with Gasteiger partial charge >= 0.3 is 12.1 Å². The molecule has 1 aliphatic carbocycles. The van der Waals surface area contributed by atoms with Gasteiger partial charge < -0.3 is 9.47 Å². The van der Waals surface area contributed by atoms with E-state index in [1.165, 1.54) is 7.11 Å². The molecule has 102 valence electrons. The number of amides is 1. The minimum atomic E-state index is -0.542. The second-order valence-corrected chi connectivity index (χ2v) is 6.08. The first kappa shape index (κ1) is 13.2. The molecule has 0 unspecified atom stereocenters. The summed E-state index contributed by atoms with van der Waals surface area (Å²) in [4.78, 5) is 25.6. The van der Waals surface area contributed by atoms with Crippen LogP contribution in [0.5, 0.6) is 0 Å². The van der Waals surface area contributed by atoms with Crippen LogP contribution in [0, 0.1) is 5.92 Å². The van der Waals surface area contributed by atoms with Gasteiger partial charge in [-0.3, -0.25) is 4.90 Å². The van der Waals surface area contributed by atoms with Crippen molar-refractivity contribution in [1.82, 2.24) is 4.90 Å². The summed E-state index contributed by atoms with van der Waals surface area (Å²) < 4.78 is 10.2. The first-order valence-corrected chi connectivity index (χ1v) is 6.42. The molecule has 1 heterocycles. The average Bonchev–Trinajstić information content (AvgIpc) is 2.84. The van der Waals surface area contributed by atoms with Crippen molar-refractivity contribution in [3.8, 4) is 0 Å². The number of likely N-dealkylation sites (tertiary alicyclic amines) is 1. The van der Waals surface area contributed by atoms with Gasteiger partial charge in [0, 0.05) is 6.04 Å². The minimum absolute atomic E-state index is 0.133. The largest absolute Gasteiger partial charge is 0.467 e. The Morgan fingerprint density at radius 3 is 2.44 bits per heavy atom. The summed E-state index contributed by atoms with van der Waals surface area (Å²) in [5.74, 6) is -0.0944. The Morgan fingerprint density at radius 2 is 1.89 bits per heavy atom. The molecule has 1 saturated heterocycles. The number of hydrogen-bond acceptors (Lipinski definition) is 4. The van der Waals surface area contributed by atoms with Gasteiger partial charge in [0.05, 0.1) is 7.11 Å². The fourth-order valence-corrected chi connectivity index (χ4v) is 2.99. The van der Waals surface area contributed by atoms with Crippen LogP contribution in [0.15, 0.2) is 0 Å². The number of nitrogens with zero attached hydrogens (tertiary/aromatic N) is 1. The molecular weight excluding hydrogens is 234 g/mol. The molecule has 1 amide bonds. The molecule has 0 radical (unpaired) electrons. The van der Waals surface area contributed by atoms with E-state index >= 15 is 0 Å². The molecule has 1 aliphatic heterocycles. The average molecular weight is 255 g/mol. The van der Waals surface area contributed by atoms with Crippen LogP contribution in [0.3, 0.4) is 0 Å². The van der Waals surface area contributed by atoms with Crippen molar-refractivity contribution in [3.63, 3.8) is 0 Å². The molecule has 0 aromatic rings. The first-order chi connectivity index (χ1) is 8.33. The third kappa shape index (κ3) is 2.31. The normalized spacial score (nSPS) is 30.4. The standard InChI is InChI=1S/C13H21NO4/c1-13(2,3)18-12(16)14-9-6-5-8(7-9)10(14)11(15)17-4/h8-10H,5-7H2,1-4H3/t8-,9+,10+/m1/s1. The predicted octanol–water partition coefficient (Wildman–Crippen LogP) is 1.95. The number of methoxy groups -OCH3 is 1. The van der Waals surface area contributed by atoms with E-state index in [2.05, 4.69) is 0 Å². The quantitative estimate of drug-likeness (QED) is 0.672.